The van der Waals surface area contributed by atoms with Gasteiger partial charge in [0.2, 0.25) is 0 Å². The number of benzene rings is 1. The largest absolute Gasteiger partial charge is 0.220 e. The van der Waals surface area contributed by atoms with Crippen molar-refractivity contribution in [3.63, 3.8) is 0 Å². The van der Waals surface area contributed by atoms with Crippen molar-refractivity contribution >= 4 is 0 Å². The molecular formula is C11H11N3. The van der Waals surface area contributed by atoms with Gasteiger partial charge in [-0.1, -0.05) is 29.5 Å². The lowest BCUT2D eigenvalue weighted by atomic mass is 10.1. The molecule has 0 atom stereocenters. The normalized spacial score (nSPS) is 10.0. The van der Waals surface area contributed by atoms with Gasteiger partial charge < -0.3 is 0 Å². The van der Waals surface area contributed by atoms with Gasteiger partial charge in [-0.25, -0.2) is 4.68 Å². The molecular weight excluding hydrogens is 174 g/mol. The third-order valence-corrected chi connectivity index (χ3v) is 2.03. The molecule has 3 heteroatoms. The fourth-order valence-electron chi connectivity index (χ4n) is 1.40. The van der Waals surface area contributed by atoms with E-state index in [1.807, 2.05) is 30.5 Å². The molecule has 1 aromatic heterocycles. The van der Waals surface area contributed by atoms with Crippen LogP contribution in [0.5, 0.6) is 0 Å². The zero-order chi connectivity index (χ0) is 9.80. The highest BCUT2D eigenvalue weighted by Crippen LogP contribution is 2.13. The summed E-state index contributed by atoms with van der Waals surface area (Å²) in [4.78, 5) is 0. The van der Waals surface area contributed by atoms with Crippen LogP contribution in [0, 0.1) is 0 Å². The smallest absolute Gasteiger partial charge is 0.0698 e. The highest BCUT2D eigenvalue weighted by atomic mass is 15.4. The molecule has 2 aromatic rings. The van der Waals surface area contributed by atoms with Gasteiger partial charge >= 0.3 is 0 Å². The number of para-hydroxylation sites is 1. The Morgan fingerprint density at radius 2 is 2.21 bits per heavy atom. The summed E-state index contributed by atoms with van der Waals surface area (Å²) in [6.07, 6.45) is 6.23. The van der Waals surface area contributed by atoms with Gasteiger partial charge in [0.05, 0.1) is 18.1 Å². The molecule has 0 amide bonds. The predicted molar refractivity (Wildman–Crippen MR) is 55.3 cm³/mol. The zero-order valence-electron chi connectivity index (χ0n) is 7.80. The number of nitrogens with zero attached hydrogens (tertiary/aromatic N) is 3. The van der Waals surface area contributed by atoms with Crippen LogP contribution in [0.3, 0.4) is 0 Å². The Balaban J connectivity index is 2.46. The van der Waals surface area contributed by atoms with Crippen LogP contribution in [0.15, 0.2) is 49.3 Å². The van der Waals surface area contributed by atoms with Crippen molar-refractivity contribution in [3.8, 4) is 5.69 Å². The fourth-order valence-corrected chi connectivity index (χ4v) is 1.40. The zero-order valence-corrected chi connectivity index (χ0v) is 7.80. The van der Waals surface area contributed by atoms with E-state index in [0.29, 0.717) is 0 Å². The van der Waals surface area contributed by atoms with E-state index in [2.05, 4.69) is 23.0 Å². The first-order valence-corrected chi connectivity index (χ1v) is 4.47. The number of aromatic nitrogens is 3. The van der Waals surface area contributed by atoms with Gasteiger partial charge in [0.1, 0.15) is 0 Å². The third kappa shape index (κ3) is 1.57. The summed E-state index contributed by atoms with van der Waals surface area (Å²) in [5, 5.41) is 7.75. The van der Waals surface area contributed by atoms with E-state index in [4.69, 9.17) is 0 Å². The summed E-state index contributed by atoms with van der Waals surface area (Å²) in [5.41, 5.74) is 2.26. The molecule has 1 heterocycles. The second kappa shape index (κ2) is 3.87. The van der Waals surface area contributed by atoms with E-state index in [1.165, 1.54) is 5.56 Å². The van der Waals surface area contributed by atoms with E-state index in [-0.39, 0.29) is 0 Å². The maximum atomic E-state index is 3.96. The van der Waals surface area contributed by atoms with Crippen LogP contribution < -0.4 is 0 Å². The van der Waals surface area contributed by atoms with Crippen LogP contribution >= 0.6 is 0 Å². The van der Waals surface area contributed by atoms with E-state index in [0.717, 1.165) is 12.1 Å². The number of rotatable bonds is 3. The molecule has 0 bridgehead atoms. The summed E-state index contributed by atoms with van der Waals surface area (Å²) in [5.74, 6) is 0. The van der Waals surface area contributed by atoms with E-state index >= 15 is 0 Å². The summed E-state index contributed by atoms with van der Waals surface area (Å²) < 4.78 is 1.76. The van der Waals surface area contributed by atoms with Crippen molar-refractivity contribution in [1.82, 2.24) is 15.0 Å². The molecule has 0 saturated carbocycles. The van der Waals surface area contributed by atoms with Crippen LogP contribution in [-0.4, -0.2) is 15.0 Å². The molecule has 0 unspecified atom stereocenters. The third-order valence-electron chi connectivity index (χ3n) is 2.03. The van der Waals surface area contributed by atoms with Crippen LogP contribution in [0.4, 0.5) is 0 Å². The Morgan fingerprint density at radius 3 is 2.93 bits per heavy atom. The van der Waals surface area contributed by atoms with E-state index in [9.17, 15) is 0 Å². The first-order chi connectivity index (χ1) is 6.92. The molecule has 0 fully saturated rings. The molecule has 0 spiro atoms. The molecule has 0 aliphatic rings. The average molecular weight is 185 g/mol. The molecule has 70 valence electrons. The maximum absolute atomic E-state index is 3.96. The minimum Gasteiger partial charge on any atom is -0.220 e. The van der Waals surface area contributed by atoms with Gasteiger partial charge in [0.25, 0.3) is 0 Å². The van der Waals surface area contributed by atoms with Crippen LogP contribution in [-0.2, 0) is 6.42 Å². The van der Waals surface area contributed by atoms with Crippen molar-refractivity contribution in [2.24, 2.45) is 0 Å². The van der Waals surface area contributed by atoms with E-state index < -0.39 is 0 Å². The SMILES string of the molecule is C=CCc1ccccc1-n1ccnn1. The van der Waals surface area contributed by atoms with Crippen molar-refractivity contribution in [3.05, 3.63) is 54.9 Å². The highest BCUT2D eigenvalue weighted by Gasteiger charge is 2.01. The van der Waals surface area contributed by atoms with Crippen molar-refractivity contribution < 1.29 is 0 Å². The quantitative estimate of drug-likeness (QED) is 0.685. The average Bonchev–Trinajstić information content (AvgIpc) is 2.72. The Hall–Kier alpha value is -1.90. The predicted octanol–water partition coefficient (Wildman–Crippen LogP) is 2.00. The second-order valence-corrected chi connectivity index (χ2v) is 2.97. The lowest BCUT2D eigenvalue weighted by molar-refractivity contribution is 0.796. The number of hydrogen-bond acceptors (Lipinski definition) is 2. The molecule has 0 saturated heterocycles. The Labute approximate surface area is 82.7 Å². The topological polar surface area (TPSA) is 30.7 Å². The first-order valence-electron chi connectivity index (χ1n) is 4.47. The van der Waals surface area contributed by atoms with Crippen LogP contribution in [0.1, 0.15) is 5.56 Å². The molecule has 0 aliphatic heterocycles. The van der Waals surface area contributed by atoms with Gasteiger partial charge in [-0.15, -0.1) is 11.7 Å². The lowest BCUT2D eigenvalue weighted by Gasteiger charge is -2.05. The summed E-state index contributed by atoms with van der Waals surface area (Å²) in [7, 11) is 0. The van der Waals surface area contributed by atoms with Gasteiger partial charge in [-0.05, 0) is 18.1 Å². The standard InChI is InChI=1S/C11H11N3/c1-2-5-10-6-3-4-7-11(10)14-9-8-12-13-14/h2-4,6-9H,1,5H2. The van der Waals surface area contributed by atoms with E-state index in [1.54, 1.807) is 10.9 Å². The fraction of sp³-hybridized carbons (Fsp3) is 0.0909. The van der Waals surface area contributed by atoms with Gasteiger partial charge in [0, 0.05) is 0 Å². The summed E-state index contributed by atoms with van der Waals surface area (Å²) >= 11 is 0. The Kier molecular flexibility index (Phi) is 2.40. The molecule has 1 aromatic carbocycles. The maximum Gasteiger partial charge on any atom is 0.0698 e. The van der Waals surface area contributed by atoms with Gasteiger partial charge in [-0.2, -0.15) is 0 Å². The molecule has 0 N–H and O–H groups in total. The first kappa shape index (κ1) is 8.69. The Morgan fingerprint density at radius 1 is 1.36 bits per heavy atom. The monoisotopic (exact) mass is 185 g/mol. The molecule has 14 heavy (non-hydrogen) atoms. The van der Waals surface area contributed by atoms with Crippen LogP contribution in [0.25, 0.3) is 5.69 Å². The van der Waals surface area contributed by atoms with Crippen molar-refractivity contribution in [2.75, 3.05) is 0 Å². The Bertz CT molecular complexity index is 418. The molecule has 3 nitrogen and oxygen atoms in total. The molecule has 0 radical (unpaired) electrons. The second-order valence-electron chi connectivity index (χ2n) is 2.97. The number of hydrogen-bond donors (Lipinski definition) is 0. The molecule has 0 aliphatic carbocycles. The lowest BCUT2D eigenvalue weighted by Crippen LogP contribution is -1.99. The minimum atomic E-state index is 0.843. The van der Waals surface area contributed by atoms with Gasteiger partial charge in [-0.3, -0.25) is 0 Å². The highest BCUT2D eigenvalue weighted by molar-refractivity contribution is 5.40. The summed E-state index contributed by atoms with van der Waals surface area (Å²) in [6, 6.07) is 8.09. The number of allylic oxidation sites excluding steroid dienone is 1. The van der Waals surface area contributed by atoms with Crippen LogP contribution in [0.2, 0.25) is 0 Å². The van der Waals surface area contributed by atoms with Crippen molar-refractivity contribution in [1.29, 1.82) is 0 Å². The molecule has 2 rings (SSSR count). The summed E-state index contributed by atoms with van der Waals surface area (Å²) in [6.45, 7) is 3.73. The minimum absolute atomic E-state index is 0.843. The van der Waals surface area contributed by atoms with Gasteiger partial charge in [0.15, 0.2) is 0 Å². The van der Waals surface area contributed by atoms with Crippen molar-refractivity contribution in [2.45, 2.75) is 6.42 Å².